The van der Waals surface area contributed by atoms with Gasteiger partial charge in [-0.05, 0) is 12.5 Å². The van der Waals surface area contributed by atoms with Gasteiger partial charge in [-0.15, -0.1) is 0 Å². The molecule has 1 aliphatic rings. The lowest BCUT2D eigenvalue weighted by Gasteiger charge is -2.16. The molecule has 0 bridgehead atoms. The van der Waals surface area contributed by atoms with Crippen LogP contribution in [0.25, 0.3) is 0 Å². The number of nitrogens with two attached hydrogens (primary N) is 1. The van der Waals surface area contributed by atoms with Crippen LogP contribution in [0.3, 0.4) is 0 Å². The Balaban J connectivity index is 2.39. The van der Waals surface area contributed by atoms with Gasteiger partial charge in [0.25, 0.3) is 5.91 Å². The van der Waals surface area contributed by atoms with E-state index in [0.717, 1.165) is 0 Å². The van der Waals surface area contributed by atoms with Crippen molar-refractivity contribution in [1.82, 2.24) is 4.90 Å². The number of likely N-dealkylation sites (tertiary alicyclic amines) is 1. The van der Waals surface area contributed by atoms with E-state index in [1.807, 2.05) is 0 Å². The molecule has 1 heterocycles. The van der Waals surface area contributed by atoms with Crippen LogP contribution in [0.4, 0.5) is 14.5 Å². The molecule has 0 spiro atoms. The van der Waals surface area contributed by atoms with E-state index in [0.29, 0.717) is 25.1 Å². The highest BCUT2D eigenvalue weighted by Crippen LogP contribution is 2.24. The molecular weight excluding hydrogens is 260 g/mol. The highest BCUT2D eigenvalue weighted by Gasteiger charge is 2.30. The third-order valence-electron chi connectivity index (χ3n) is 2.96. The number of halogens is 2. The average Bonchev–Trinajstić information content (AvgIpc) is 2.77. The Bertz CT molecular complexity index is 550. The molecule has 0 aromatic heterocycles. The maximum absolute atomic E-state index is 13.8. The Morgan fingerprint density at radius 3 is 2.68 bits per heavy atom. The summed E-state index contributed by atoms with van der Waals surface area (Å²) >= 11 is 0. The van der Waals surface area contributed by atoms with Crippen LogP contribution in [0, 0.1) is 21.7 Å². The van der Waals surface area contributed by atoms with Crippen molar-refractivity contribution in [2.75, 3.05) is 13.1 Å². The van der Waals surface area contributed by atoms with Gasteiger partial charge in [-0.25, -0.2) is 4.39 Å². The number of rotatable bonds is 2. The largest absolute Gasteiger partial charge is 0.337 e. The van der Waals surface area contributed by atoms with E-state index in [2.05, 4.69) is 0 Å². The fraction of sp³-hybridized carbons (Fsp3) is 0.364. The average molecular weight is 271 g/mol. The monoisotopic (exact) mass is 271 g/mol. The van der Waals surface area contributed by atoms with E-state index in [4.69, 9.17) is 5.73 Å². The molecule has 1 saturated heterocycles. The van der Waals surface area contributed by atoms with Gasteiger partial charge in [0.2, 0.25) is 5.82 Å². The van der Waals surface area contributed by atoms with Crippen molar-refractivity contribution < 1.29 is 18.5 Å². The molecule has 1 atom stereocenters. The van der Waals surface area contributed by atoms with Crippen LogP contribution < -0.4 is 5.73 Å². The molecule has 102 valence electrons. The minimum atomic E-state index is -1.32. The molecule has 2 N–H and O–H groups in total. The molecule has 1 unspecified atom stereocenters. The molecule has 19 heavy (non-hydrogen) atoms. The first-order chi connectivity index (χ1) is 8.90. The molecule has 1 aromatic rings. The van der Waals surface area contributed by atoms with Crippen molar-refractivity contribution in [3.63, 3.8) is 0 Å². The number of hydrogen-bond donors (Lipinski definition) is 1. The fourth-order valence-corrected chi connectivity index (χ4v) is 2.01. The zero-order valence-electron chi connectivity index (χ0n) is 9.81. The Hall–Kier alpha value is -2.09. The molecule has 2 rings (SSSR count). The fourth-order valence-electron chi connectivity index (χ4n) is 2.01. The van der Waals surface area contributed by atoms with Gasteiger partial charge in [-0.1, -0.05) is 0 Å². The van der Waals surface area contributed by atoms with E-state index in [1.54, 1.807) is 0 Å². The molecule has 8 heteroatoms. The second-order valence-corrected chi connectivity index (χ2v) is 4.34. The molecule has 0 radical (unpaired) electrons. The summed E-state index contributed by atoms with van der Waals surface area (Å²) in [5, 5.41) is 10.6. The number of carbonyl (C=O) groups excluding carboxylic acids is 1. The summed E-state index contributed by atoms with van der Waals surface area (Å²) in [7, 11) is 0. The van der Waals surface area contributed by atoms with Crippen molar-refractivity contribution in [2.45, 2.75) is 12.5 Å². The smallest absolute Gasteiger partial charge is 0.308 e. The number of nitro benzene ring substituents is 1. The summed E-state index contributed by atoms with van der Waals surface area (Å²) in [5.41, 5.74) is 3.93. The first-order valence-electron chi connectivity index (χ1n) is 5.58. The SMILES string of the molecule is NC1CCN(C(=O)c2cc(F)cc([N+](=O)[O-])c2F)C1. The summed E-state index contributed by atoms with van der Waals surface area (Å²) in [5.74, 6) is -3.13. The summed E-state index contributed by atoms with van der Waals surface area (Å²) in [6, 6.07) is 0.895. The van der Waals surface area contributed by atoms with Gasteiger partial charge >= 0.3 is 5.69 Å². The lowest BCUT2D eigenvalue weighted by molar-refractivity contribution is -0.387. The van der Waals surface area contributed by atoms with Gasteiger partial charge in [-0.3, -0.25) is 14.9 Å². The van der Waals surface area contributed by atoms with E-state index >= 15 is 0 Å². The van der Waals surface area contributed by atoms with E-state index in [9.17, 15) is 23.7 Å². The van der Waals surface area contributed by atoms with Gasteiger partial charge in [0.1, 0.15) is 5.82 Å². The van der Waals surface area contributed by atoms with Gasteiger partial charge in [-0.2, -0.15) is 4.39 Å². The Labute approximate surface area is 106 Å². The van der Waals surface area contributed by atoms with Crippen LogP contribution in [-0.4, -0.2) is 34.9 Å². The van der Waals surface area contributed by atoms with Crippen LogP contribution >= 0.6 is 0 Å². The molecular formula is C11H11F2N3O3. The number of benzene rings is 1. The lowest BCUT2D eigenvalue weighted by atomic mass is 10.1. The molecule has 6 nitrogen and oxygen atoms in total. The van der Waals surface area contributed by atoms with Crippen LogP contribution in [0.1, 0.15) is 16.8 Å². The minimum absolute atomic E-state index is 0.212. The predicted molar refractivity (Wildman–Crippen MR) is 61.5 cm³/mol. The third kappa shape index (κ3) is 2.53. The Morgan fingerprint density at radius 2 is 2.16 bits per heavy atom. The second-order valence-electron chi connectivity index (χ2n) is 4.34. The van der Waals surface area contributed by atoms with E-state index in [-0.39, 0.29) is 12.6 Å². The van der Waals surface area contributed by atoms with Crippen molar-refractivity contribution in [3.05, 3.63) is 39.4 Å². The third-order valence-corrected chi connectivity index (χ3v) is 2.96. The van der Waals surface area contributed by atoms with Crippen molar-refractivity contribution in [3.8, 4) is 0 Å². The van der Waals surface area contributed by atoms with E-state index in [1.165, 1.54) is 4.90 Å². The minimum Gasteiger partial charge on any atom is -0.337 e. The predicted octanol–water partition coefficient (Wildman–Crippen LogP) is 1.05. The van der Waals surface area contributed by atoms with Crippen molar-refractivity contribution >= 4 is 11.6 Å². The van der Waals surface area contributed by atoms with Crippen molar-refractivity contribution in [1.29, 1.82) is 0 Å². The Kier molecular flexibility index (Phi) is 3.43. The number of nitro groups is 1. The molecule has 1 fully saturated rings. The van der Waals surface area contributed by atoms with Gasteiger partial charge in [0.05, 0.1) is 16.6 Å². The second kappa shape index (κ2) is 4.88. The normalized spacial score (nSPS) is 18.7. The lowest BCUT2D eigenvalue weighted by Crippen LogP contribution is -2.32. The first kappa shape index (κ1) is 13.3. The standard InChI is InChI=1S/C11H11F2N3O3/c12-6-3-8(10(13)9(4-6)16(18)19)11(17)15-2-1-7(14)5-15/h3-4,7H,1-2,5,14H2. The summed E-state index contributed by atoms with van der Waals surface area (Å²) in [4.78, 5) is 22.7. The quantitative estimate of drug-likeness (QED) is 0.643. The Morgan fingerprint density at radius 1 is 1.47 bits per heavy atom. The topological polar surface area (TPSA) is 89.5 Å². The molecule has 0 aliphatic carbocycles. The molecule has 0 saturated carbocycles. The maximum Gasteiger partial charge on any atom is 0.308 e. The van der Waals surface area contributed by atoms with Crippen LogP contribution in [0.2, 0.25) is 0 Å². The zero-order chi connectivity index (χ0) is 14.2. The maximum atomic E-state index is 13.8. The van der Waals surface area contributed by atoms with Crippen molar-refractivity contribution in [2.24, 2.45) is 5.73 Å². The summed E-state index contributed by atoms with van der Waals surface area (Å²) < 4.78 is 27.0. The highest BCUT2D eigenvalue weighted by molar-refractivity contribution is 5.95. The number of hydrogen-bond acceptors (Lipinski definition) is 4. The molecule has 1 aromatic carbocycles. The summed E-state index contributed by atoms with van der Waals surface area (Å²) in [6.07, 6.45) is 0.560. The van der Waals surface area contributed by atoms with Gasteiger partial charge < -0.3 is 10.6 Å². The number of amides is 1. The number of carbonyl (C=O) groups is 1. The van der Waals surface area contributed by atoms with Gasteiger partial charge in [0, 0.05) is 19.1 Å². The highest BCUT2D eigenvalue weighted by atomic mass is 19.1. The number of nitrogens with zero attached hydrogens (tertiary/aromatic N) is 2. The first-order valence-corrected chi connectivity index (χ1v) is 5.58. The van der Waals surface area contributed by atoms with Gasteiger partial charge in [0.15, 0.2) is 0 Å². The zero-order valence-corrected chi connectivity index (χ0v) is 9.81. The molecule has 1 amide bonds. The van der Waals surface area contributed by atoms with E-state index < -0.39 is 33.7 Å². The van der Waals surface area contributed by atoms with Crippen LogP contribution in [0.5, 0.6) is 0 Å². The van der Waals surface area contributed by atoms with Crippen LogP contribution in [0.15, 0.2) is 12.1 Å². The summed E-state index contributed by atoms with van der Waals surface area (Å²) in [6.45, 7) is 0.548. The van der Waals surface area contributed by atoms with Crippen LogP contribution in [-0.2, 0) is 0 Å². The molecule has 1 aliphatic heterocycles.